The Kier molecular flexibility index (Phi) is 8.40. The van der Waals surface area contributed by atoms with Gasteiger partial charge in [-0.3, -0.25) is 4.99 Å². The minimum absolute atomic E-state index is 0.181. The van der Waals surface area contributed by atoms with E-state index in [0.29, 0.717) is 6.04 Å². The minimum atomic E-state index is 0.181. The lowest BCUT2D eigenvalue weighted by atomic mass is 10.1. The molecule has 0 aliphatic heterocycles. The molecule has 136 valence electrons. The van der Waals surface area contributed by atoms with Crippen molar-refractivity contribution in [1.29, 1.82) is 0 Å². The van der Waals surface area contributed by atoms with Gasteiger partial charge in [-0.1, -0.05) is 13.0 Å². The van der Waals surface area contributed by atoms with Crippen LogP contribution in [0, 0.1) is 0 Å². The molecule has 0 aliphatic carbocycles. The van der Waals surface area contributed by atoms with Gasteiger partial charge in [-0.05, 0) is 45.1 Å². The highest BCUT2D eigenvalue weighted by atomic mass is 16.5. The van der Waals surface area contributed by atoms with Gasteiger partial charge in [0.05, 0.1) is 20.3 Å². The van der Waals surface area contributed by atoms with E-state index < -0.39 is 0 Å². The number of rotatable bonds is 8. The van der Waals surface area contributed by atoms with Gasteiger partial charge in [0, 0.05) is 19.6 Å². The molecule has 0 saturated carbocycles. The summed E-state index contributed by atoms with van der Waals surface area (Å²) in [6.07, 6.45) is 1.05. The maximum absolute atomic E-state index is 5.42. The van der Waals surface area contributed by atoms with Gasteiger partial charge in [0.15, 0.2) is 17.5 Å². The zero-order chi connectivity index (χ0) is 18.1. The average Bonchev–Trinajstić information content (AvgIpc) is 2.59. The van der Waals surface area contributed by atoms with E-state index in [2.05, 4.69) is 54.5 Å². The molecule has 0 aliphatic rings. The van der Waals surface area contributed by atoms with Crippen molar-refractivity contribution in [2.75, 3.05) is 41.9 Å². The fraction of sp³-hybridized carbons (Fsp3) is 0.611. The first-order chi connectivity index (χ1) is 11.5. The summed E-state index contributed by atoms with van der Waals surface area (Å²) in [7, 11) is 9.22. The van der Waals surface area contributed by atoms with Crippen molar-refractivity contribution >= 4 is 5.96 Å². The van der Waals surface area contributed by atoms with Gasteiger partial charge in [0.1, 0.15) is 0 Å². The monoisotopic (exact) mass is 336 g/mol. The smallest absolute Gasteiger partial charge is 0.191 e. The average molecular weight is 336 g/mol. The Morgan fingerprint density at radius 3 is 2.38 bits per heavy atom. The van der Waals surface area contributed by atoms with Gasteiger partial charge >= 0.3 is 0 Å². The predicted octanol–water partition coefficient (Wildman–Crippen LogP) is 2.27. The molecule has 0 bridgehead atoms. The largest absolute Gasteiger partial charge is 0.493 e. The molecule has 0 heterocycles. The Morgan fingerprint density at radius 1 is 1.21 bits per heavy atom. The lowest BCUT2D eigenvalue weighted by Gasteiger charge is -2.27. The summed E-state index contributed by atoms with van der Waals surface area (Å²) < 4.78 is 10.7. The molecule has 1 rings (SSSR count). The van der Waals surface area contributed by atoms with Crippen LogP contribution in [0.5, 0.6) is 11.5 Å². The van der Waals surface area contributed by atoms with Crippen LogP contribution in [0.4, 0.5) is 0 Å². The fourth-order valence-corrected chi connectivity index (χ4v) is 2.38. The summed E-state index contributed by atoms with van der Waals surface area (Å²) in [6.45, 7) is 5.03. The van der Waals surface area contributed by atoms with Crippen molar-refractivity contribution in [1.82, 2.24) is 15.5 Å². The summed E-state index contributed by atoms with van der Waals surface area (Å²) in [5, 5.41) is 6.78. The molecule has 6 nitrogen and oxygen atoms in total. The number of benzene rings is 1. The highest BCUT2D eigenvalue weighted by molar-refractivity contribution is 5.79. The summed E-state index contributed by atoms with van der Waals surface area (Å²) in [5.74, 6) is 2.29. The quantitative estimate of drug-likeness (QED) is 0.563. The lowest BCUT2D eigenvalue weighted by Crippen LogP contribution is -2.44. The van der Waals surface area contributed by atoms with E-state index in [9.17, 15) is 0 Å². The van der Waals surface area contributed by atoms with Crippen molar-refractivity contribution in [2.45, 2.75) is 32.4 Å². The van der Waals surface area contributed by atoms with Crippen molar-refractivity contribution in [2.24, 2.45) is 4.99 Å². The second kappa shape index (κ2) is 10.0. The zero-order valence-electron chi connectivity index (χ0n) is 16.0. The Morgan fingerprint density at radius 2 is 1.88 bits per heavy atom. The number of ether oxygens (including phenoxy) is 2. The first kappa shape index (κ1) is 20.1. The highest BCUT2D eigenvalue weighted by Crippen LogP contribution is 2.31. The number of likely N-dealkylation sites (N-methyl/N-ethyl adjacent to an activating group) is 1. The number of guanidine groups is 1. The first-order valence-corrected chi connectivity index (χ1v) is 8.32. The van der Waals surface area contributed by atoms with Crippen LogP contribution in [0.15, 0.2) is 23.2 Å². The molecule has 2 N–H and O–H groups in total. The third-order valence-electron chi connectivity index (χ3n) is 4.10. The molecule has 1 aromatic carbocycles. The van der Waals surface area contributed by atoms with Gasteiger partial charge in [-0.25, -0.2) is 0 Å². The minimum Gasteiger partial charge on any atom is -0.493 e. The van der Waals surface area contributed by atoms with Gasteiger partial charge < -0.3 is 25.0 Å². The van der Waals surface area contributed by atoms with Crippen molar-refractivity contribution in [3.05, 3.63) is 23.8 Å². The summed E-state index contributed by atoms with van der Waals surface area (Å²) in [6, 6.07) is 6.60. The van der Waals surface area contributed by atoms with E-state index in [-0.39, 0.29) is 6.04 Å². The molecule has 0 amide bonds. The Labute approximate surface area is 146 Å². The zero-order valence-corrected chi connectivity index (χ0v) is 16.0. The van der Waals surface area contributed by atoms with Crippen LogP contribution in [-0.4, -0.2) is 58.8 Å². The maximum atomic E-state index is 5.42. The molecular weight excluding hydrogens is 304 g/mol. The lowest BCUT2D eigenvalue weighted by molar-refractivity contribution is 0.295. The Bertz CT molecular complexity index is 532. The maximum Gasteiger partial charge on any atom is 0.191 e. The normalized spacial score (nSPS) is 14.2. The van der Waals surface area contributed by atoms with Crippen LogP contribution in [0.1, 0.15) is 31.9 Å². The third kappa shape index (κ3) is 5.60. The van der Waals surface area contributed by atoms with E-state index in [1.54, 1.807) is 21.3 Å². The molecular formula is C18H32N4O2. The Balaban J connectivity index is 2.88. The second-order valence-corrected chi connectivity index (χ2v) is 6.00. The summed E-state index contributed by atoms with van der Waals surface area (Å²) in [5.41, 5.74) is 1.16. The summed E-state index contributed by atoms with van der Waals surface area (Å²) in [4.78, 5) is 6.46. The highest BCUT2D eigenvalue weighted by Gasteiger charge is 2.17. The number of hydrogen-bond acceptors (Lipinski definition) is 4. The van der Waals surface area contributed by atoms with Gasteiger partial charge in [0.2, 0.25) is 0 Å². The third-order valence-corrected chi connectivity index (χ3v) is 4.10. The van der Waals surface area contributed by atoms with Crippen LogP contribution >= 0.6 is 0 Å². The topological polar surface area (TPSA) is 58.1 Å². The second-order valence-electron chi connectivity index (χ2n) is 6.00. The molecule has 2 atom stereocenters. The molecule has 0 saturated heterocycles. The van der Waals surface area contributed by atoms with E-state index in [1.165, 1.54) is 0 Å². The van der Waals surface area contributed by atoms with E-state index in [4.69, 9.17) is 9.47 Å². The van der Waals surface area contributed by atoms with Gasteiger partial charge in [-0.15, -0.1) is 0 Å². The fourth-order valence-electron chi connectivity index (χ4n) is 2.38. The van der Waals surface area contributed by atoms with Crippen molar-refractivity contribution in [3.8, 4) is 11.5 Å². The number of nitrogens with zero attached hydrogens (tertiary/aromatic N) is 2. The molecule has 1 aromatic rings. The molecule has 0 radical (unpaired) electrons. The Hall–Kier alpha value is -1.95. The van der Waals surface area contributed by atoms with Crippen LogP contribution in [-0.2, 0) is 0 Å². The summed E-state index contributed by atoms with van der Waals surface area (Å²) >= 11 is 0. The van der Waals surface area contributed by atoms with Crippen LogP contribution in [0.25, 0.3) is 0 Å². The SMILES string of the molecule is CCC(C)NC(=NC)NCC(c1ccc(OC)c(OC)c1)N(C)C. The van der Waals surface area contributed by atoms with E-state index in [0.717, 1.165) is 36.0 Å². The predicted molar refractivity (Wildman–Crippen MR) is 100 cm³/mol. The van der Waals surface area contributed by atoms with Crippen LogP contribution in [0.3, 0.4) is 0 Å². The number of methoxy groups -OCH3 is 2. The molecule has 2 unspecified atom stereocenters. The van der Waals surface area contributed by atoms with E-state index >= 15 is 0 Å². The molecule has 6 heteroatoms. The molecule has 24 heavy (non-hydrogen) atoms. The number of nitrogens with one attached hydrogen (secondary N) is 2. The number of aliphatic imine (C=N–C) groups is 1. The van der Waals surface area contributed by atoms with Gasteiger partial charge in [-0.2, -0.15) is 0 Å². The van der Waals surface area contributed by atoms with E-state index in [1.807, 2.05) is 12.1 Å². The number of hydrogen-bond donors (Lipinski definition) is 2. The van der Waals surface area contributed by atoms with Gasteiger partial charge in [0.25, 0.3) is 0 Å². The van der Waals surface area contributed by atoms with Crippen LogP contribution < -0.4 is 20.1 Å². The van der Waals surface area contributed by atoms with Crippen molar-refractivity contribution < 1.29 is 9.47 Å². The standard InChI is InChI=1S/C18H32N4O2/c1-8-13(2)21-18(19-3)20-12-15(22(4)5)14-9-10-16(23-6)17(11-14)24-7/h9-11,13,15H,8,12H2,1-7H3,(H2,19,20,21). The first-order valence-electron chi connectivity index (χ1n) is 8.32. The molecule has 0 spiro atoms. The van der Waals surface area contributed by atoms with Crippen LogP contribution in [0.2, 0.25) is 0 Å². The van der Waals surface area contributed by atoms with Crippen molar-refractivity contribution in [3.63, 3.8) is 0 Å². The molecule has 0 aromatic heterocycles. The molecule has 0 fully saturated rings.